The van der Waals surface area contributed by atoms with E-state index in [0.717, 1.165) is 0 Å². The van der Waals surface area contributed by atoms with Crippen molar-refractivity contribution in [2.24, 2.45) is 50.3 Å². The lowest BCUT2D eigenvalue weighted by Crippen LogP contribution is -2.57. The van der Waals surface area contributed by atoms with Gasteiger partial charge in [0, 0.05) is 51.4 Å². The predicted octanol–water partition coefficient (Wildman–Crippen LogP) is -3.92. The van der Waals surface area contributed by atoms with Crippen molar-refractivity contribution in [3.63, 3.8) is 0 Å². The van der Waals surface area contributed by atoms with Gasteiger partial charge in [-0.2, -0.15) is 0 Å². The van der Waals surface area contributed by atoms with E-state index in [4.69, 9.17) is 34.4 Å². The summed E-state index contributed by atoms with van der Waals surface area (Å²) in [6.07, 6.45) is 1.49. The van der Waals surface area contributed by atoms with Gasteiger partial charge in [0.2, 0.25) is 41.4 Å². The van der Waals surface area contributed by atoms with Crippen molar-refractivity contribution < 1.29 is 58.2 Å². The molecule has 404 valence electrons. The van der Waals surface area contributed by atoms with Gasteiger partial charge >= 0.3 is 11.9 Å². The van der Waals surface area contributed by atoms with Gasteiger partial charge in [0.15, 0.2) is 11.9 Å². The zero-order chi connectivity index (χ0) is 53.3. The number of hydrogen-bond acceptors (Lipinski definition) is 14. The molecule has 7 amide bonds. The van der Waals surface area contributed by atoms with Gasteiger partial charge in [-0.05, 0) is 109 Å². The molecule has 27 heteroatoms. The lowest BCUT2D eigenvalue weighted by molar-refractivity contribution is -0.145. The van der Waals surface area contributed by atoms with Crippen LogP contribution >= 0.6 is 0 Å². The molecule has 0 spiro atoms. The van der Waals surface area contributed by atoms with Crippen LogP contribution in [0, 0.1) is 5.92 Å². The molecule has 27 nitrogen and oxygen atoms in total. The fourth-order valence-electron chi connectivity index (χ4n) is 9.00. The van der Waals surface area contributed by atoms with Crippen molar-refractivity contribution >= 4 is 71.0 Å². The number of guanidine groups is 2. The lowest BCUT2D eigenvalue weighted by atomic mass is 9.92. The average molecular weight is 1020 g/mol. The van der Waals surface area contributed by atoms with Crippen molar-refractivity contribution in [2.75, 3.05) is 39.3 Å². The summed E-state index contributed by atoms with van der Waals surface area (Å²) in [5.41, 5.74) is 33.0. The maximum atomic E-state index is 14.4. The number of Topliss-reactive ketones (excluding diaryl/α,β-unsaturated/α-hetero) is 1. The van der Waals surface area contributed by atoms with Crippen molar-refractivity contribution in [1.82, 2.24) is 36.4 Å². The van der Waals surface area contributed by atoms with Gasteiger partial charge in [-0.3, -0.25) is 48.3 Å². The van der Waals surface area contributed by atoms with Crippen LogP contribution in [0.5, 0.6) is 0 Å². The number of nitrogens with one attached hydrogen (secondary N) is 5. The molecule has 3 fully saturated rings. The van der Waals surface area contributed by atoms with Gasteiger partial charge in [0.05, 0.1) is 0 Å². The van der Waals surface area contributed by atoms with Gasteiger partial charge < -0.3 is 81.0 Å². The molecule has 3 rings (SSSR count). The third-order valence-electron chi connectivity index (χ3n) is 12.8. The van der Waals surface area contributed by atoms with Crippen molar-refractivity contribution in [3.8, 4) is 0 Å². The number of amides is 7. The van der Waals surface area contributed by atoms with Crippen LogP contribution in [0.1, 0.15) is 122 Å². The summed E-state index contributed by atoms with van der Waals surface area (Å²) in [6.45, 7) is 0.923. The zero-order valence-corrected chi connectivity index (χ0v) is 41.0. The van der Waals surface area contributed by atoms with Crippen LogP contribution in [0.4, 0.5) is 0 Å². The van der Waals surface area contributed by atoms with E-state index in [9.17, 15) is 58.2 Å². The molecule has 0 aliphatic carbocycles. The second kappa shape index (κ2) is 31.0. The lowest BCUT2D eigenvalue weighted by Gasteiger charge is -2.31. The highest BCUT2D eigenvalue weighted by Crippen LogP contribution is 2.26. The van der Waals surface area contributed by atoms with E-state index in [1.807, 2.05) is 0 Å². The number of nitrogens with two attached hydrogens (primary N) is 6. The van der Waals surface area contributed by atoms with E-state index < -0.39 is 114 Å². The second-order valence-electron chi connectivity index (χ2n) is 18.4. The fourth-order valence-corrected chi connectivity index (χ4v) is 9.00. The summed E-state index contributed by atoms with van der Waals surface area (Å²) >= 11 is 0. The summed E-state index contributed by atoms with van der Waals surface area (Å²) < 4.78 is 0. The molecule has 3 heterocycles. The van der Waals surface area contributed by atoms with Crippen LogP contribution in [0.15, 0.2) is 9.98 Å². The Balaban J connectivity index is 2.06. The minimum absolute atomic E-state index is 0.0672. The minimum Gasteiger partial charge on any atom is -0.480 e. The number of carboxylic acid groups (broad SMARTS) is 2. The standard InChI is InChI=1S/C45H77N15O12/c46-19-3-1-9-26-25-27(61)15-16-28(36(63)57-31(42(69)70)11-5-21-52-44(48)49)55-39(66)34-14-8-24-60(34)41(68)30(10-2-4-20-47)54-35(62)18-17-29(56-38(65)33-13-7-23-59(33)40(26)67)37(64)58-32(43(71)72)12-6-22-53-45(50)51/h26,28-34H,1-25,46-47H2,(H,54,62)(H,55,66)(H,56,65)(H,57,63)(H,58,64)(H,69,70)(H,71,72)(H4,48,49,52)(H4,50,51,53). The molecule has 0 bridgehead atoms. The minimum atomic E-state index is -1.50. The Morgan fingerprint density at radius 1 is 0.611 bits per heavy atom. The molecule has 8 atom stereocenters. The van der Waals surface area contributed by atoms with E-state index >= 15 is 0 Å². The average Bonchev–Trinajstić information content (AvgIpc) is 4.03. The van der Waals surface area contributed by atoms with Crippen molar-refractivity contribution in [3.05, 3.63) is 0 Å². The molecular formula is C45H77N15O12. The molecule has 0 saturated carbocycles. The number of ketones is 1. The van der Waals surface area contributed by atoms with Gasteiger partial charge in [-0.15, -0.1) is 0 Å². The number of unbranched alkanes of at least 4 members (excludes halogenated alkanes) is 2. The van der Waals surface area contributed by atoms with Crippen LogP contribution in [-0.4, -0.2) is 173 Å². The highest BCUT2D eigenvalue weighted by molar-refractivity contribution is 5.97. The monoisotopic (exact) mass is 1020 g/mol. The number of hydrogen-bond donors (Lipinski definition) is 13. The molecule has 0 radical (unpaired) electrons. The SMILES string of the molecule is NCCCCC1CC(=O)CCC(C(=O)NC(CCCN=C(N)N)C(=O)O)NC(=O)C2CCCN2C(=O)C(CCCCN)NC(=O)CCC(C(=O)NC(CCCN=C(N)N)C(=O)O)NC(=O)C2CCCN2C1=O. The molecule has 19 N–H and O–H groups in total. The summed E-state index contributed by atoms with van der Waals surface area (Å²) in [6, 6.07) is -9.32. The van der Waals surface area contributed by atoms with E-state index in [-0.39, 0.29) is 122 Å². The number of fused-ring (bicyclic) bond motifs is 2. The molecule has 3 saturated heterocycles. The molecule has 0 aromatic carbocycles. The Morgan fingerprint density at radius 2 is 1.07 bits per heavy atom. The van der Waals surface area contributed by atoms with Crippen LogP contribution in [-0.2, 0) is 47.9 Å². The first kappa shape index (κ1) is 59.7. The molecule has 0 aromatic heterocycles. The van der Waals surface area contributed by atoms with E-state index in [1.54, 1.807) is 0 Å². The molecule has 0 aromatic rings. The Labute approximate surface area is 418 Å². The van der Waals surface area contributed by atoms with Crippen LogP contribution < -0.4 is 61.0 Å². The normalized spacial score (nSPS) is 23.6. The third-order valence-corrected chi connectivity index (χ3v) is 12.8. The molecule has 3 aliphatic rings. The number of aliphatic imine (C=N–C) groups is 2. The Morgan fingerprint density at radius 3 is 1.53 bits per heavy atom. The van der Waals surface area contributed by atoms with Crippen molar-refractivity contribution in [2.45, 2.75) is 164 Å². The number of carboxylic acids is 2. The van der Waals surface area contributed by atoms with Crippen molar-refractivity contribution in [1.29, 1.82) is 0 Å². The second-order valence-corrected chi connectivity index (χ2v) is 18.4. The zero-order valence-electron chi connectivity index (χ0n) is 41.0. The third kappa shape index (κ3) is 19.9. The summed E-state index contributed by atoms with van der Waals surface area (Å²) in [5.74, 6) is -9.84. The number of carbonyl (C=O) groups excluding carboxylic acids is 8. The molecule has 8 unspecified atom stereocenters. The summed E-state index contributed by atoms with van der Waals surface area (Å²) in [4.78, 5) is 148. The first-order chi connectivity index (χ1) is 34.3. The first-order valence-corrected chi connectivity index (χ1v) is 24.9. The molecule has 3 aliphatic heterocycles. The van der Waals surface area contributed by atoms with Gasteiger partial charge in [0.1, 0.15) is 48.1 Å². The molecule has 72 heavy (non-hydrogen) atoms. The Hall–Kier alpha value is -6.64. The van der Waals surface area contributed by atoms with Gasteiger partial charge in [-0.25, -0.2) is 9.59 Å². The summed E-state index contributed by atoms with van der Waals surface area (Å²) in [5, 5.41) is 32.8. The smallest absolute Gasteiger partial charge is 0.326 e. The maximum Gasteiger partial charge on any atom is 0.326 e. The van der Waals surface area contributed by atoms with E-state index in [0.29, 0.717) is 45.1 Å². The van der Waals surface area contributed by atoms with Crippen LogP contribution in [0.3, 0.4) is 0 Å². The predicted molar refractivity (Wildman–Crippen MR) is 262 cm³/mol. The van der Waals surface area contributed by atoms with E-state index in [2.05, 4.69) is 36.6 Å². The van der Waals surface area contributed by atoms with Gasteiger partial charge in [0.25, 0.3) is 0 Å². The van der Waals surface area contributed by atoms with E-state index in [1.165, 1.54) is 9.80 Å². The number of carbonyl (C=O) groups is 10. The largest absolute Gasteiger partial charge is 0.480 e. The van der Waals surface area contributed by atoms with Crippen LogP contribution in [0.25, 0.3) is 0 Å². The fraction of sp³-hybridized carbons (Fsp3) is 0.733. The highest BCUT2D eigenvalue weighted by atomic mass is 16.4. The number of rotatable bonds is 22. The number of nitrogens with zero attached hydrogens (tertiary/aromatic N) is 4. The highest BCUT2D eigenvalue weighted by Gasteiger charge is 2.42. The Bertz CT molecular complexity index is 1830. The number of aliphatic carboxylic acids is 2. The van der Waals surface area contributed by atoms with Crippen LogP contribution in [0.2, 0.25) is 0 Å². The Kier molecular flexibility index (Phi) is 25.7. The van der Waals surface area contributed by atoms with Gasteiger partial charge in [-0.1, -0.05) is 6.42 Å². The first-order valence-electron chi connectivity index (χ1n) is 24.9. The quantitative estimate of drug-likeness (QED) is 0.0280. The maximum absolute atomic E-state index is 14.4. The summed E-state index contributed by atoms with van der Waals surface area (Å²) in [7, 11) is 0. The molecular weight excluding hydrogens is 943 g/mol. The topological polar surface area (TPSA) is 459 Å².